The molecule has 1 aromatic heterocycles. The molecular weight excluding hydrogens is 538 g/mol. The molecule has 0 bridgehead atoms. The van der Waals surface area contributed by atoms with E-state index in [1.165, 1.54) is 12.0 Å². The first-order valence-corrected chi connectivity index (χ1v) is 12.5. The number of carbonyl (C=O) groups excluding carboxylic acids is 2. The summed E-state index contributed by atoms with van der Waals surface area (Å²) >= 11 is 3.42. The van der Waals surface area contributed by atoms with Gasteiger partial charge in [-0.2, -0.15) is 0 Å². The number of ether oxygens (including phenoxy) is 2. The Morgan fingerprint density at radius 3 is 2.62 bits per heavy atom. The van der Waals surface area contributed by atoms with Gasteiger partial charge in [0.1, 0.15) is 5.58 Å². The number of Topliss-reactive ketones (excluding diaryl/α,β-unsaturated/α-hetero) is 1. The Bertz CT molecular complexity index is 1570. The fraction of sp³-hybridized carbons (Fsp3) is 0.172. The second-order valence-corrected chi connectivity index (χ2v) is 9.56. The molecule has 4 aromatic rings. The molecule has 1 unspecified atom stereocenters. The van der Waals surface area contributed by atoms with E-state index in [4.69, 9.17) is 13.9 Å². The lowest BCUT2D eigenvalue weighted by Gasteiger charge is -2.27. The van der Waals surface area contributed by atoms with Gasteiger partial charge in [-0.1, -0.05) is 34.1 Å². The highest BCUT2D eigenvalue weighted by atomic mass is 79.9. The minimum absolute atomic E-state index is 0.0245. The van der Waals surface area contributed by atoms with E-state index < -0.39 is 23.5 Å². The van der Waals surface area contributed by atoms with E-state index >= 15 is 0 Å². The zero-order valence-electron chi connectivity index (χ0n) is 20.4. The first-order valence-electron chi connectivity index (χ1n) is 11.7. The molecule has 8 heteroatoms. The van der Waals surface area contributed by atoms with Gasteiger partial charge in [-0.05, 0) is 73.5 Å². The summed E-state index contributed by atoms with van der Waals surface area (Å²) in [5, 5.41) is 11.8. The first kappa shape index (κ1) is 24.6. The lowest BCUT2D eigenvalue weighted by Crippen LogP contribution is -2.31. The normalized spacial score (nSPS) is 15.5. The lowest BCUT2D eigenvalue weighted by molar-refractivity contribution is -0.117. The maximum atomic E-state index is 13.9. The van der Waals surface area contributed by atoms with Crippen molar-refractivity contribution in [2.45, 2.75) is 19.9 Å². The Kier molecular flexibility index (Phi) is 6.52. The molecule has 0 fully saturated rings. The van der Waals surface area contributed by atoms with Gasteiger partial charge in [-0.3, -0.25) is 14.5 Å². The zero-order chi connectivity index (χ0) is 26.3. The molecule has 2 heterocycles. The van der Waals surface area contributed by atoms with Crippen molar-refractivity contribution in [2.24, 2.45) is 0 Å². The molecular formula is C29H24BrNO6. The van der Waals surface area contributed by atoms with E-state index in [-0.39, 0.29) is 11.3 Å². The number of carbonyl (C=O) groups is 2. The van der Waals surface area contributed by atoms with Gasteiger partial charge >= 0.3 is 0 Å². The van der Waals surface area contributed by atoms with Gasteiger partial charge in [0.2, 0.25) is 5.78 Å². The van der Waals surface area contributed by atoms with Gasteiger partial charge in [0.25, 0.3) is 5.91 Å². The SMILES string of the molecule is CCOc1ccc(C2C(C(=O)c3cc4cc(Br)ccc4o3)=C(O)C(=O)N2c2cccc(C)c2)cc1OC. The standard InChI is InChI=1S/C29H24BrNO6/c1-4-36-22-10-8-17(14-23(22)35-3)26-25(27(32)24-15-18-13-19(30)9-11-21(18)37-24)28(33)29(34)31(26)20-7-5-6-16(2)12-20/h5-15,26,33H,4H2,1-3H3. The van der Waals surface area contributed by atoms with Crippen LogP contribution in [0.15, 0.2) is 87.0 Å². The summed E-state index contributed by atoms with van der Waals surface area (Å²) in [5.74, 6) is -0.869. The number of hydrogen-bond donors (Lipinski definition) is 1. The number of aliphatic hydroxyl groups is 1. The molecule has 37 heavy (non-hydrogen) atoms. The average molecular weight is 562 g/mol. The van der Waals surface area contributed by atoms with Crippen molar-refractivity contribution in [2.75, 3.05) is 18.6 Å². The van der Waals surface area contributed by atoms with Crippen molar-refractivity contribution >= 4 is 44.3 Å². The molecule has 1 aliphatic rings. The number of methoxy groups -OCH3 is 1. The molecule has 0 aliphatic carbocycles. The molecule has 1 atom stereocenters. The number of fused-ring (bicyclic) bond motifs is 1. The Balaban J connectivity index is 1.67. The number of rotatable bonds is 7. The van der Waals surface area contributed by atoms with Crippen LogP contribution in [0.4, 0.5) is 5.69 Å². The topological polar surface area (TPSA) is 89.2 Å². The van der Waals surface area contributed by atoms with Crippen LogP contribution in [-0.4, -0.2) is 30.5 Å². The summed E-state index contributed by atoms with van der Waals surface area (Å²) < 4.78 is 17.8. The van der Waals surface area contributed by atoms with Gasteiger partial charge in [0.05, 0.1) is 25.3 Å². The summed E-state index contributed by atoms with van der Waals surface area (Å²) in [4.78, 5) is 28.7. The van der Waals surface area contributed by atoms with Crippen LogP contribution in [-0.2, 0) is 4.79 Å². The number of aliphatic hydroxyl groups excluding tert-OH is 1. The molecule has 188 valence electrons. The van der Waals surface area contributed by atoms with Crippen LogP contribution in [0.5, 0.6) is 11.5 Å². The third kappa shape index (κ3) is 4.38. The molecule has 5 rings (SSSR count). The van der Waals surface area contributed by atoms with Crippen molar-refractivity contribution < 1.29 is 28.6 Å². The van der Waals surface area contributed by atoms with Crippen LogP contribution >= 0.6 is 15.9 Å². The smallest absolute Gasteiger partial charge is 0.294 e. The number of benzene rings is 3. The second-order valence-electron chi connectivity index (χ2n) is 8.64. The summed E-state index contributed by atoms with van der Waals surface area (Å²) in [5.41, 5.74) is 2.49. The summed E-state index contributed by atoms with van der Waals surface area (Å²) in [6.07, 6.45) is 0. The minimum Gasteiger partial charge on any atom is -0.503 e. The Hall–Kier alpha value is -4.04. The number of ketones is 1. The maximum Gasteiger partial charge on any atom is 0.294 e. The molecule has 0 radical (unpaired) electrons. The highest BCUT2D eigenvalue weighted by Crippen LogP contribution is 2.44. The second kappa shape index (κ2) is 9.78. The van der Waals surface area contributed by atoms with Crippen molar-refractivity contribution in [3.05, 3.63) is 99.4 Å². The predicted octanol–water partition coefficient (Wildman–Crippen LogP) is 6.69. The van der Waals surface area contributed by atoms with Crippen LogP contribution in [0.3, 0.4) is 0 Å². The van der Waals surface area contributed by atoms with Gasteiger partial charge in [-0.15, -0.1) is 0 Å². The fourth-order valence-electron chi connectivity index (χ4n) is 4.58. The number of nitrogens with zero attached hydrogens (tertiary/aromatic N) is 1. The van der Waals surface area contributed by atoms with Crippen LogP contribution in [0.25, 0.3) is 11.0 Å². The van der Waals surface area contributed by atoms with Gasteiger partial charge in [0.15, 0.2) is 23.0 Å². The summed E-state index contributed by atoms with van der Waals surface area (Å²) in [7, 11) is 1.52. The number of anilines is 1. The van der Waals surface area contributed by atoms with E-state index in [0.717, 1.165) is 15.4 Å². The highest BCUT2D eigenvalue weighted by molar-refractivity contribution is 9.10. The van der Waals surface area contributed by atoms with E-state index in [1.807, 2.05) is 44.2 Å². The van der Waals surface area contributed by atoms with E-state index in [0.29, 0.717) is 34.9 Å². The van der Waals surface area contributed by atoms with Gasteiger partial charge in [-0.25, -0.2) is 0 Å². The minimum atomic E-state index is -0.925. The molecule has 0 saturated heterocycles. The number of hydrogen-bond acceptors (Lipinski definition) is 6. The highest BCUT2D eigenvalue weighted by Gasteiger charge is 2.45. The Labute approximate surface area is 222 Å². The van der Waals surface area contributed by atoms with Crippen LogP contribution in [0.1, 0.15) is 34.6 Å². The Morgan fingerprint density at radius 2 is 1.89 bits per heavy atom. The third-order valence-electron chi connectivity index (χ3n) is 6.24. The van der Waals surface area contributed by atoms with E-state index in [1.54, 1.807) is 36.4 Å². The molecule has 1 amide bonds. The van der Waals surface area contributed by atoms with Crippen molar-refractivity contribution in [1.29, 1.82) is 0 Å². The van der Waals surface area contributed by atoms with Gasteiger partial charge < -0.3 is 19.0 Å². The maximum absolute atomic E-state index is 13.9. The predicted molar refractivity (Wildman–Crippen MR) is 143 cm³/mol. The van der Waals surface area contributed by atoms with Gasteiger partial charge in [0, 0.05) is 15.5 Å². The zero-order valence-corrected chi connectivity index (χ0v) is 22.0. The van der Waals surface area contributed by atoms with E-state index in [2.05, 4.69) is 15.9 Å². The van der Waals surface area contributed by atoms with E-state index in [9.17, 15) is 14.7 Å². The molecule has 1 N–H and O–H groups in total. The summed E-state index contributed by atoms with van der Waals surface area (Å²) in [6, 6.07) is 18.6. The van der Waals surface area contributed by atoms with Crippen LogP contribution in [0.2, 0.25) is 0 Å². The molecule has 0 spiro atoms. The number of furan rings is 1. The van der Waals surface area contributed by atoms with Crippen LogP contribution < -0.4 is 14.4 Å². The summed E-state index contributed by atoms with van der Waals surface area (Å²) in [6.45, 7) is 4.22. The molecule has 3 aromatic carbocycles. The average Bonchev–Trinajstić information content (AvgIpc) is 3.42. The molecule has 1 aliphatic heterocycles. The molecule has 0 saturated carbocycles. The number of halogens is 1. The van der Waals surface area contributed by atoms with Crippen molar-refractivity contribution in [3.63, 3.8) is 0 Å². The largest absolute Gasteiger partial charge is 0.503 e. The van der Waals surface area contributed by atoms with Crippen LogP contribution in [0, 0.1) is 6.92 Å². The number of aryl methyl sites for hydroxylation is 1. The van der Waals surface area contributed by atoms with Crippen molar-refractivity contribution in [3.8, 4) is 11.5 Å². The lowest BCUT2D eigenvalue weighted by atomic mass is 9.94. The monoisotopic (exact) mass is 561 g/mol. The quantitative estimate of drug-likeness (QED) is 0.253. The molecule has 7 nitrogen and oxygen atoms in total. The third-order valence-corrected chi connectivity index (χ3v) is 6.73. The first-order chi connectivity index (χ1) is 17.8. The Morgan fingerprint density at radius 1 is 1.08 bits per heavy atom. The fourth-order valence-corrected chi connectivity index (χ4v) is 4.96. The van der Waals surface area contributed by atoms with Crippen molar-refractivity contribution in [1.82, 2.24) is 0 Å². The number of amides is 1.